The van der Waals surface area contributed by atoms with Gasteiger partial charge in [-0.1, -0.05) is 12.1 Å². The van der Waals surface area contributed by atoms with Crippen molar-refractivity contribution in [2.45, 2.75) is 6.04 Å². The van der Waals surface area contributed by atoms with Gasteiger partial charge in [-0.2, -0.15) is 11.8 Å². The second-order valence-corrected chi connectivity index (χ2v) is 6.36. The number of azo groups is 1. The average molecular weight is 328 g/mol. The highest BCUT2D eigenvalue weighted by molar-refractivity contribution is 8.00. The number of aromatic hydroxyl groups is 1. The highest BCUT2D eigenvalue weighted by atomic mass is 32.2. The lowest BCUT2D eigenvalue weighted by molar-refractivity contribution is 0.404. The fourth-order valence-corrected chi connectivity index (χ4v) is 3.38. The van der Waals surface area contributed by atoms with E-state index in [-0.39, 0.29) is 17.7 Å². The Morgan fingerprint density at radius 1 is 1.22 bits per heavy atom. The molecule has 1 saturated heterocycles. The second-order valence-electron chi connectivity index (χ2n) is 5.28. The Balaban J connectivity index is 1.88. The molecule has 0 saturated carbocycles. The number of halogens is 1. The van der Waals surface area contributed by atoms with Crippen molar-refractivity contribution < 1.29 is 9.50 Å². The third-order valence-corrected chi connectivity index (χ3v) is 5.06. The van der Waals surface area contributed by atoms with E-state index in [1.54, 1.807) is 53.0 Å². The summed E-state index contributed by atoms with van der Waals surface area (Å²) in [5.41, 5.74) is 1.25. The van der Waals surface area contributed by atoms with E-state index in [9.17, 15) is 9.50 Å². The number of hydrogen-bond acceptors (Lipinski definition) is 5. The summed E-state index contributed by atoms with van der Waals surface area (Å²) in [7, 11) is 0. The summed E-state index contributed by atoms with van der Waals surface area (Å²) >= 11 is 1.77. The number of hydrogen-bond donors (Lipinski definition) is 1. The van der Waals surface area contributed by atoms with Gasteiger partial charge in [0.15, 0.2) is 5.69 Å². The van der Waals surface area contributed by atoms with Crippen molar-refractivity contribution in [1.29, 1.82) is 0 Å². The summed E-state index contributed by atoms with van der Waals surface area (Å²) in [6.45, 7) is 0. The molecule has 1 aliphatic rings. The van der Waals surface area contributed by atoms with E-state index in [1.165, 1.54) is 6.07 Å². The summed E-state index contributed by atoms with van der Waals surface area (Å²) in [5, 5.41) is 19.4. The summed E-state index contributed by atoms with van der Waals surface area (Å²) in [4.78, 5) is 3.97. The number of para-hydroxylation sites is 1. The van der Waals surface area contributed by atoms with Crippen LogP contribution in [0.4, 0.5) is 15.8 Å². The number of nitrogens with zero attached hydrogens (tertiary/aromatic N) is 4. The average Bonchev–Trinajstić information content (AvgIpc) is 2.79. The van der Waals surface area contributed by atoms with E-state index in [0.717, 1.165) is 11.5 Å². The fourth-order valence-electron chi connectivity index (χ4n) is 2.64. The van der Waals surface area contributed by atoms with Crippen molar-refractivity contribution in [2.75, 3.05) is 11.5 Å². The van der Waals surface area contributed by atoms with Crippen molar-refractivity contribution >= 4 is 34.0 Å². The summed E-state index contributed by atoms with van der Waals surface area (Å²) in [6.07, 6.45) is 3.22. The maximum Gasteiger partial charge on any atom is 0.221 e. The zero-order chi connectivity index (χ0) is 15.8. The summed E-state index contributed by atoms with van der Waals surface area (Å²) in [6, 6.07) is 8.35. The third-order valence-electron chi connectivity index (χ3n) is 3.82. The van der Waals surface area contributed by atoms with Gasteiger partial charge in [-0.3, -0.25) is 4.98 Å². The molecule has 0 amide bonds. The summed E-state index contributed by atoms with van der Waals surface area (Å²) < 4.78 is 15.9. The lowest BCUT2D eigenvalue weighted by Crippen LogP contribution is -2.22. The highest BCUT2D eigenvalue weighted by Gasteiger charge is 2.28. The molecule has 0 bridgehead atoms. The molecule has 1 fully saturated rings. The van der Waals surface area contributed by atoms with E-state index < -0.39 is 0 Å². The first-order valence-corrected chi connectivity index (χ1v) is 8.32. The molecule has 0 aliphatic carbocycles. The lowest BCUT2D eigenvalue weighted by atomic mass is 10.2. The third kappa shape index (κ3) is 2.37. The zero-order valence-electron chi connectivity index (χ0n) is 12.1. The number of benzene rings is 1. The van der Waals surface area contributed by atoms with Crippen LogP contribution in [0.2, 0.25) is 0 Å². The Bertz CT molecular complexity index is 890. The van der Waals surface area contributed by atoms with Gasteiger partial charge in [0.1, 0.15) is 11.5 Å². The molecule has 23 heavy (non-hydrogen) atoms. The smallest absolute Gasteiger partial charge is 0.221 e. The molecular weight excluding hydrogens is 315 g/mol. The van der Waals surface area contributed by atoms with Crippen molar-refractivity contribution in [1.82, 2.24) is 9.55 Å². The van der Waals surface area contributed by atoms with Crippen LogP contribution in [0, 0.1) is 5.82 Å². The zero-order valence-corrected chi connectivity index (χ0v) is 12.9. The lowest BCUT2D eigenvalue weighted by Gasteiger charge is -2.27. The van der Waals surface area contributed by atoms with Gasteiger partial charge >= 0.3 is 0 Å². The Labute approximate surface area is 135 Å². The molecule has 3 heterocycles. The Morgan fingerprint density at radius 2 is 2.09 bits per heavy atom. The Kier molecular flexibility index (Phi) is 3.49. The van der Waals surface area contributed by atoms with E-state index in [4.69, 9.17) is 0 Å². The SMILES string of the molecule is Oc1c(N=Nc2cccnc2)c2cccc(F)c2n1C1CSC1. The molecule has 3 aromatic rings. The Morgan fingerprint density at radius 3 is 2.78 bits per heavy atom. The maximum absolute atomic E-state index is 14.3. The van der Waals surface area contributed by atoms with Gasteiger partial charge in [0.25, 0.3) is 0 Å². The van der Waals surface area contributed by atoms with Gasteiger partial charge in [-0.15, -0.1) is 10.2 Å². The van der Waals surface area contributed by atoms with Gasteiger partial charge < -0.3 is 9.67 Å². The first-order valence-electron chi connectivity index (χ1n) is 7.16. The highest BCUT2D eigenvalue weighted by Crippen LogP contribution is 2.45. The normalized spacial score (nSPS) is 15.3. The molecule has 2 aromatic heterocycles. The van der Waals surface area contributed by atoms with E-state index >= 15 is 0 Å². The van der Waals surface area contributed by atoms with Crippen molar-refractivity contribution in [3.8, 4) is 5.88 Å². The van der Waals surface area contributed by atoms with Crippen molar-refractivity contribution in [2.24, 2.45) is 10.2 Å². The van der Waals surface area contributed by atoms with Crippen LogP contribution in [-0.4, -0.2) is 26.2 Å². The molecule has 4 rings (SSSR count). The molecule has 1 N–H and O–H groups in total. The predicted octanol–water partition coefficient (Wildman–Crippen LogP) is 4.58. The van der Waals surface area contributed by atoms with Crippen LogP contribution < -0.4 is 0 Å². The van der Waals surface area contributed by atoms with Crippen LogP contribution in [0.15, 0.2) is 53.0 Å². The predicted molar refractivity (Wildman–Crippen MR) is 88.3 cm³/mol. The van der Waals surface area contributed by atoms with E-state index in [2.05, 4.69) is 15.2 Å². The molecule has 7 heteroatoms. The van der Waals surface area contributed by atoms with Crippen molar-refractivity contribution in [3.05, 3.63) is 48.5 Å². The molecular formula is C16H13FN4OS. The molecule has 1 aliphatic heterocycles. The number of pyridine rings is 1. The van der Waals surface area contributed by atoms with Gasteiger partial charge in [0.05, 0.1) is 17.8 Å². The maximum atomic E-state index is 14.3. The number of aromatic nitrogens is 2. The summed E-state index contributed by atoms with van der Waals surface area (Å²) in [5.74, 6) is 1.30. The molecule has 5 nitrogen and oxygen atoms in total. The van der Waals surface area contributed by atoms with Crippen LogP contribution in [0.25, 0.3) is 10.9 Å². The first-order chi connectivity index (χ1) is 11.3. The van der Waals surface area contributed by atoms with Crippen LogP contribution in [0.1, 0.15) is 6.04 Å². The minimum absolute atomic E-state index is 0.0389. The number of rotatable bonds is 3. The standard InChI is InChI=1S/C16H13FN4OS/c17-13-5-1-4-12-14(20-19-10-3-2-6-18-7-10)16(22)21(15(12)13)11-8-23-9-11/h1-7,11,22H,8-9H2. The monoisotopic (exact) mass is 328 g/mol. The molecule has 0 radical (unpaired) electrons. The topological polar surface area (TPSA) is 62.8 Å². The van der Waals surface area contributed by atoms with Crippen LogP contribution >= 0.6 is 11.8 Å². The number of thioether (sulfide) groups is 1. The van der Waals surface area contributed by atoms with Crippen LogP contribution in [0.3, 0.4) is 0 Å². The Hall–Kier alpha value is -2.41. The van der Waals surface area contributed by atoms with E-state index in [0.29, 0.717) is 22.3 Å². The molecule has 116 valence electrons. The number of fused-ring (bicyclic) bond motifs is 1. The first kappa shape index (κ1) is 14.2. The van der Waals surface area contributed by atoms with Crippen LogP contribution in [-0.2, 0) is 0 Å². The molecule has 0 unspecified atom stereocenters. The molecule has 0 spiro atoms. The molecule has 1 aromatic carbocycles. The minimum atomic E-state index is -0.363. The van der Waals surface area contributed by atoms with Crippen molar-refractivity contribution in [3.63, 3.8) is 0 Å². The minimum Gasteiger partial charge on any atom is -0.493 e. The second kappa shape index (κ2) is 5.66. The van der Waals surface area contributed by atoms with Gasteiger partial charge in [-0.05, 0) is 18.2 Å². The van der Waals surface area contributed by atoms with E-state index in [1.807, 2.05) is 0 Å². The van der Waals surface area contributed by atoms with Gasteiger partial charge in [0.2, 0.25) is 5.88 Å². The fraction of sp³-hybridized carbons (Fsp3) is 0.188. The molecule has 0 atom stereocenters. The largest absolute Gasteiger partial charge is 0.493 e. The van der Waals surface area contributed by atoms with Gasteiger partial charge in [-0.25, -0.2) is 4.39 Å². The van der Waals surface area contributed by atoms with Crippen LogP contribution in [0.5, 0.6) is 5.88 Å². The van der Waals surface area contributed by atoms with Gasteiger partial charge in [0, 0.05) is 23.1 Å². The quantitative estimate of drug-likeness (QED) is 0.716.